The van der Waals surface area contributed by atoms with Crippen LogP contribution >= 0.6 is 0 Å². The van der Waals surface area contributed by atoms with Crippen LogP contribution in [0.3, 0.4) is 0 Å². The summed E-state index contributed by atoms with van der Waals surface area (Å²) in [7, 11) is 0. The number of aliphatic carboxylic acids is 1. The van der Waals surface area contributed by atoms with Gasteiger partial charge in [-0.05, 0) is 49.1 Å². The van der Waals surface area contributed by atoms with Gasteiger partial charge < -0.3 is 14.8 Å². The average molecular weight is 315 g/mol. The lowest BCUT2D eigenvalue weighted by atomic mass is 10.0. The van der Waals surface area contributed by atoms with Crippen LogP contribution in [0.15, 0.2) is 28.7 Å². The summed E-state index contributed by atoms with van der Waals surface area (Å²) in [6.07, 6.45) is 0.679. The lowest BCUT2D eigenvalue weighted by Crippen LogP contribution is -2.33. The molecule has 5 nitrogen and oxygen atoms in total. The third-order valence-corrected chi connectivity index (χ3v) is 3.95. The molecule has 0 saturated heterocycles. The van der Waals surface area contributed by atoms with E-state index in [1.165, 1.54) is 0 Å². The molecule has 1 heterocycles. The largest absolute Gasteiger partial charge is 0.479 e. The van der Waals surface area contributed by atoms with Gasteiger partial charge in [-0.2, -0.15) is 0 Å². The quantitative estimate of drug-likeness (QED) is 0.887. The fraction of sp³-hybridized carbons (Fsp3) is 0.333. The van der Waals surface area contributed by atoms with E-state index in [1.54, 1.807) is 18.2 Å². The predicted octanol–water partition coefficient (Wildman–Crippen LogP) is 3.32. The maximum absolute atomic E-state index is 12.3. The van der Waals surface area contributed by atoms with Crippen LogP contribution in [-0.4, -0.2) is 17.0 Å². The summed E-state index contributed by atoms with van der Waals surface area (Å²) in [5.74, 6) is -0.776. The molecule has 1 aromatic heterocycles. The molecule has 23 heavy (non-hydrogen) atoms. The fourth-order valence-corrected chi connectivity index (χ4v) is 2.42. The summed E-state index contributed by atoms with van der Waals surface area (Å²) in [5, 5.41) is 12.0. The van der Waals surface area contributed by atoms with E-state index in [4.69, 9.17) is 4.42 Å². The number of benzene rings is 1. The molecular weight excluding hydrogens is 294 g/mol. The molecule has 0 fully saturated rings. The van der Waals surface area contributed by atoms with Crippen LogP contribution in [0.1, 0.15) is 51.5 Å². The molecule has 0 aliphatic heterocycles. The molecule has 0 saturated carbocycles. The molecule has 0 spiro atoms. The van der Waals surface area contributed by atoms with Crippen LogP contribution in [-0.2, 0) is 11.2 Å². The summed E-state index contributed by atoms with van der Waals surface area (Å²) in [5.41, 5.74) is 3.47. The van der Waals surface area contributed by atoms with Crippen molar-refractivity contribution in [3.8, 4) is 0 Å². The van der Waals surface area contributed by atoms with Gasteiger partial charge in [-0.15, -0.1) is 0 Å². The number of carboxylic acids is 1. The van der Waals surface area contributed by atoms with Crippen molar-refractivity contribution in [1.82, 2.24) is 5.32 Å². The Balaban J connectivity index is 2.26. The molecule has 5 heteroatoms. The monoisotopic (exact) mass is 315 g/mol. The number of amides is 1. The Bertz CT molecular complexity index is 745. The summed E-state index contributed by atoms with van der Waals surface area (Å²) < 4.78 is 5.48. The van der Waals surface area contributed by atoms with Gasteiger partial charge in [0.25, 0.3) is 5.91 Å². The Morgan fingerprint density at radius 2 is 1.83 bits per heavy atom. The maximum Gasteiger partial charge on any atom is 0.330 e. The maximum atomic E-state index is 12.3. The fourth-order valence-electron chi connectivity index (χ4n) is 2.42. The first kappa shape index (κ1) is 16.8. The van der Waals surface area contributed by atoms with Crippen LogP contribution in [0, 0.1) is 20.8 Å². The van der Waals surface area contributed by atoms with E-state index in [2.05, 4.69) is 5.32 Å². The molecule has 0 bridgehead atoms. The first-order chi connectivity index (χ1) is 10.8. The van der Waals surface area contributed by atoms with E-state index < -0.39 is 17.9 Å². The summed E-state index contributed by atoms with van der Waals surface area (Å²) in [4.78, 5) is 23.8. The molecule has 1 unspecified atom stereocenters. The number of rotatable bonds is 5. The predicted molar refractivity (Wildman–Crippen MR) is 86.6 cm³/mol. The molecule has 1 atom stereocenters. The van der Waals surface area contributed by atoms with Crippen LogP contribution in [0.4, 0.5) is 0 Å². The van der Waals surface area contributed by atoms with Gasteiger partial charge in [0.2, 0.25) is 0 Å². The van der Waals surface area contributed by atoms with Gasteiger partial charge >= 0.3 is 5.97 Å². The number of hydrogen-bond donors (Lipinski definition) is 2. The Hall–Kier alpha value is -2.56. The lowest BCUT2D eigenvalue weighted by Gasteiger charge is -2.15. The smallest absolute Gasteiger partial charge is 0.330 e. The molecule has 1 aromatic carbocycles. The van der Waals surface area contributed by atoms with Gasteiger partial charge in [0.05, 0.1) is 0 Å². The highest BCUT2D eigenvalue weighted by atomic mass is 16.4. The van der Waals surface area contributed by atoms with E-state index in [0.29, 0.717) is 12.0 Å². The molecule has 0 radical (unpaired) electrons. The Labute approximate surface area is 135 Å². The van der Waals surface area contributed by atoms with Crippen molar-refractivity contribution in [1.29, 1.82) is 0 Å². The number of nitrogens with one attached hydrogen (secondary N) is 1. The van der Waals surface area contributed by atoms with E-state index in [9.17, 15) is 14.7 Å². The van der Waals surface area contributed by atoms with Gasteiger partial charge in [0, 0.05) is 6.42 Å². The van der Waals surface area contributed by atoms with Crippen LogP contribution in [0.2, 0.25) is 0 Å². The molecule has 1 amide bonds. The molecule has 0 aliphatic rings. The SMILES string of the molecule is CCc1oc(C(=O)NC(C(=O)O)c2ccc(C)c(C)c2)cc1C. The zero-order valence-electron chi connectivity index (χ0n) is 13.8. The first-order valence-corrected chi connectivity index (χ1v) is 7.53. The Morgan fingerprint density at radius 3 is 2.35 bits per heavy atom. The molecule has 2 rings (SSSR count). The molecule has 2 N–H and O–H groups in total. The third-order valence-electron chi connectivity index (χ3n) is 3.95. The minimum atomic E-state index is -1.11. The normalized spacial score (nSPS) is 12.0. The second-order valence-electron chi connectivity index (χ2n) is 5.66. The highest BCUT2D eigenvalue weighted by Crippen LogP contribution is 2.20. The van der Waals surface area contributed by atoms with Crippen LogP contribution in [0.25, 0.3) is 0 Å². The number of carboxylic acid groups (broad SMARTS) is 1. The van der Waals surface area contributed by atoms with Gasteiger partial charge in [-0.3, -0.25) is 4.79 Å². The van der Waals surface area contributed by atoms with Crippen LogP contribution < -0.4 is 5.32 Å². The van der Waals surface area contributed by atoms with Crippen molar-refractivity contribution >= 4 is 11.9 Å². The standard InChI is InChI=1S/C18H21NO4/c1-5-14-12(4)9-15(23-14)17(20)19-16(18(21)22)13-7-6-10(2)11(3)8-13/h6-9,16H,5H2,1-4H3,(H,19,20)(H,21,22). The van der Waals surface area contributed by atoms with E-state index in [-0.39, 0.29) is 5.76 Å². The van der Waals surface area contributed by atoms with Crippen molar-refractivity contribution in [3.05, 3.63) is 58.0 Å². The van der Waals surface area contributed by atoms with E-state index in [1.807, 2.05) is 33.8 Å². The summed E-state index contributed by atoms with van der Waals surface area (Å²) >= 11 is 0. The van der Waals surface area contributed by atoms with Crippen molar-refractivity contribution in [2.24, 2.45) is 0 Å². The minimum Gasteiger partial charge on any atom is -0.479 e. The number of aryl methyl sites for hydroxylation is 4. The zero-order valence-corrected chi connectivity index (χ0v) is 13.8. The lowest BCUT2D eigenvalue weighted by molar-refractivity contribution is -0.139. The second kappa shape index (κ2) is 6.69. The van der Waals surface area contributed by atoms with E-state index >= 15 is 0 Å². The molecular formula is C18H21NO4. The van der Waals surface area contributed by atoms with E-state index in [0.717, 1.165) is 22.5 Å². The molecule has 122 valence electrons. The number of carbonyl (C=O) groups excluding carboxylic acids is 1. The Morgan fingerprint density at radius 1 is 1.13 bits per heavy atom. The van der Waals surface area contributed by atoms with Crippen molar-refractivity contribution in [2.75, 3.05) is 0 Å². The first-order valence-electron chi connectivity index (χ1n) is 7.53. The van der Waals surface area contributed by atoms with Gasteiger partial charge in [-0.1, -0.05) is 25.1 Å². The second-order valence-corrected chi connectivity index (χ2v) is 5.66. The van der Waals surface area contributed by atoms with Gasteiger partial charge in [-0.25, -0.2) is 4.79 Å². The highest BCUT2D eigenvalue weighted by molar-refractivity contribution is 5.94. The van der Waals surface area contributed by atoms with Crippen molar-refractivity contribution in [3.63, 3.8) is 0 Å². The topological polar surface area (TPSA) is 79.5 Å². The highest BCUT2D eigenvalue weighted by Gasteiger charge is 2.25. The summed E-state index contributed by atoms with van der Waals surface area (Å²) in [6, 6.07) is 5.86. The van der Waals surface area contributed by atoms with Crippen molar-refractivity contribution < 1.29 is 19.1 Å². The summed E-state index contributed by atoms with van der Waals surface area (Å²) in [6.45, 7) is 7.65. The van der Waals surface area contributed by atoms with Gasteiger partial charge in [0.15, 0.2) is 11.8 Å². The third kappa shape index (κ3) is 3.62. The number of hydrogen-bond acceptors (Lipinski definition) is 3. The molecule has 0 aliphatic carbocycles. The van der Waals surface area contributed by atoms with Crippen LogP contribution in [0.5, 0.6) is 0 Å². The molecule has 2 aromatic rings. The number of carbonyl (C=O) groups is 2. The minimum absolute atomic E-state index is 0.134. The van der Waals surface area contributed by atoms with Crippen molar-refractivity contribution in [2.45, 2.75) is 40.2 Å². The zero-order chi connectivity index (χ0) is 17.1. The van der Waals surface area contributed by atoms with Gasteiger partial charge in [0.1, 0.15) is 5.76 Å². The average Bonchev–Trinajstić information content (AvgIpc) is 2.88. The number of furan rings is 1. The Kier molecular flexibility index (Phi) is 4.89.